The lowest BCUT2D eigenvalue weighted by Crippen LogP contribution is -2.35. The summed E-state index contributed by atoms with van der Waals surface area (Å²) in [5.74, 6) is 1.50. The summed E-state index contributed by atoms with van der Waals surface area (Å²) in [6.45, 7) is 4.91. The van der Waals surface area contributed by atoms with Gasteiger partial charge in [-0.15, -0.1) is 5.10 Å². The minimum Gasteiger partial charge on any atom is -0.468 e. The highest BCUT2D eigenvalue weighted by atomic mass is 32.2. The van der Waals surface area contributed by atoms with E-state index in [9.17, 15) is 0 Å². The van der Waals surface area contributed by atoms with Crippen LogP contribution in [-0.4, -0.2) is 56.9 Å². The number of furan rings is 1. The van der Waals surface area contributed by atoms with Crippen molar-refractivity contribution in [1.29, 1.82) is 0 Å². The lowest BCUT2D eigenvalue weighted by Gasteiger charge is -2.19. The molecule has 0 amide bonds. The lowest BCUT2D eigenvalue weighted by molar-refractivity contribution is 0.0253. The summed E-state index contributed by atoms with van der Waals surface area (Å²) in [4.78, 5) is 0. The highest BCUT2D eigenvalue weighted by Gasteiger charge is 2.51. The summed E-state index contributed by atoms with van der Waals surface area (Å²) >= 11 is 6.94. The van der Waals surface area contributed by atoms with Crippen LogP contribution in [0.1, 0.15) is 22.9 Å². The van der Waals surface area contributed by atoms with Gasteiger partial charge in [0.2, 0.25) is 5.16 Å². The van der Waals surface area contributed by atoms with Crippen molar-refractivity contribution in [3.05, 3.63) is 53.5 Å². The van der Waals surface area contributed by atoms with E-state index in [1.54, 1.807) is 10.9 Å². The van der Waals surface area contributed by atoms with E-state index in [0.29, 0.717) is 29.3 Å². The molecule has 4 heterocycles. The number of fused-ring (bicyclic) bond motifs is 1. The van der Waals surface area contributed by atoms with E-state index in [2.05, 4.69) is 26.9 Å². The molecule has 5 rings (SSSR count). The van der Waals surface area contributed by atoms with E-state index >= 15 is 0 Å². The topological polar surface area (TPSA) is 96.5 Å². The molecule has 0 bridgehead atoms. The molecule has 4 atom stereocenters. The number of aromatic nitrogens is 4. The van der Waals surface area contributed by atoms with E-state index < -0.39 is 0 Å². The molecule has 0 aliphatic carbocycles. The number of hydrogen-bond donors (Lipinski definition) is 1. The summed E-state index contributed by atoms with van der Waals surface area (Å²) in [5, 5.41) is 16.3. The van der Waals surface area contributed by atoms with Gasteiger partial charge >= 0.3 is 0 Å². The quantitative estimate of drug-likeness (QED) is 0.424. The lowest BCUT2D eigenvalue weighted by atomic mass is 10.1. The molecular weight excluding hydrogens is 450 g/mol. The SMILES string of the molecule is Cc1cc(C)cc(NC(=S)OC2COC3C2OCC3n2nnnc2SCc2ccco2)c1. The zero-order valence-corrected chi connectivity index (χ0v) is 19.3. The van der Waals surface area contributed by atoms with E-state index in [4.69, 9.17) is 30.8 Å². The van der Waals surface area contributed by atoms with E-state index in [0.717, 1.165) is 22.6 Å². The minimum atomic E-state index is -0.299. The van der Waals surface area contributed by atoms with Crippen LogP contribution in [0, 0.1) is 13.8 Å². The Labute approximate surface area is 194 Å². The molecule has 168 valence electrons. The van der Waals surface area contributed by atoms with Crippen LogP contribution in [0.25, 0.3) is 0 Å². The van der Waals surface area contributed by atoms with Gasteiger partial charge in [-0.2, -0.15) is 0 Å². The maximum absolute atomic E-state index is 6.04. The molecule has 0 radical (unpaired) electrons. The number of ether oxygens (including phenoxy) is 3. The minimum absolute atomic E-state index is 0.136. The number of aryl methyl sites for hydroxylation is 2. The van der Waals surface area contributed by atoms with E-state index in [1.165, 1.54) is 11.8 Å². The molecule has 11 heteroatoms. The summed E-state index contributed by atoms with van der Waals surface area (Å²) < 4.78 is 25.2. The number of benzene rings is 1. The highest BCUT2D eigenvalue weighted by Crippen LogP contribution is 2.37. The molecule has 1 aromatic carbocycles. The Morgan fingerprint density at radius 2 is 2.03 bits per heavy atom. The number of nitrogens with zero attached hydrogens (tertiary/aromatic N) is 4. The van der Waals surface area contributed by atoms with Crippen LogP contribution in [0.2, 0.25) is 0 Å². The Balaban J connectivity index is 1.20. The van der Waals surface area contributed by atoms with Crippen LogP contribution in [0.5, 0.6) is 0 Å². The number of hydrogen-bond acceptors (Lipinski definition) is 9. The number of nitrogens with one attached hydrogen (secondary N) is 1. The van der Waals surface area contributed by atoms with Crippen LogP contribution in [0.3, 0.4) is 0 Å². The van der Waals surface area contributed by atoms with Crippen molar-refractivity contribution in [1.82, 2.24) is 20.2 Å². The van der Waals surface area contributed by atoms with Crippen molar-refractivity contribution in [2.24, 2.45) is 0 Å². The third kappa shape index (κ3) is 4.51. The monoisotopic (exact) mass is 473 g/mol. The van der Waals surface area contributed by atoms with Crippen LogP contribution < -0.4 is 5.32 Å². The number of tetrazole rings is 1. The van der Waals surface area contributed by atoms with Gasteiger partial charge in [0.15, 0.2) is 6.10 Å². The molecule has 2 aromatic heterocycles. The molecule has 4 unspecified atom stereocenters. The van der Waals surface area contributed by atoms with Crippen LogP contribution in [0.4, 0.5) is 5.69 Å². The fourth-order valence-corrected chi connectivity index (χ4v) is 5.18. The van der Waals surface area contributed by atoms with Gasteiger partial charge in [-0.1, -0.05) is 17.8 Å². The first kappa shape index (κ1) is 21.4. The van der Waals surface area contributed by atoms with Crippen molar-refractivity contribution >= 4 is 34.8 Å². The van der Waals surface area contributed by atoms with E-state index in [1.807, 2.05) is 38.1 Å². The third-order valence-electron chi connectivity index (χ3n) is 5.41. The molecule has 9 nitrogen and oxygen atoms in total. The van der Waals surface area contributed by atoms with Crippen molar-refractivity contribution in [3.8, 4) is 0 Å². The number of thioether (sulfide) groups is 1. The summed E-state index contributed by atoms with van der Waals surface area (Å²) in [6.07, 6.45) is 0.897. The first-order valence-corrected chi connectivity index (χ1v) is 11.7. The summed E-state index contributed by atoms with van der Waals surface area (Å²) in [5.41, 5.74) is 3.22. The smallest absolute Gasteiger partial charge is 0.261 e. The molecular formula is C21H23N5O4S2. The van der Waals surface area contributed by atoms with E-state index in [-0.39, 0.29) is 24.4 Å². The normalized spacial score (nSPS) is 24.4. The maximum atomic E-state index is 6.04. The number of anilines is 1. The first-order valence-electron chi connectivity index (χ1n) is 10.3. The molecule has 1 N–H and O–H groups in total. The van der Waals surface area contributed by atoms with Crippen molar-refractivity contribution in [3.63, 3.8) is 0 Å². The summed E-state index contributed by atoms with van der Waals surface area (Å²) in [6, 6.07) is 9.81. The van der Waals surface area contributed by atoms with Crippen molar-refractivity contribution in [2.75, 3.05) is 18.5 Å². The van der Waals surface area contributed by atoms with Gasteiger partial charge in [-0.3, -0.25) is 0 Å². The largest absolute Gasteiger partial charge is 0.468 e. The first-order chi connectivity index (χ1) is 15.6. The summed E-state index contributed by atoms with van der Waals surface area (Å²) in [7, 11) is 0. The van der Waals surface area contributed by atoms with Gasteiger partial charge in [-0.05, 0) is 71.9 Å². The van der Waals surface area contributed by atoms with Crippen LogP contribution in [0.15, 0.2) is 46.2 Å². The number of thiocarbonyl (C=S) groups is 1. The Hall–Kier alpha value is -2.47. The second kappa shape index (κ2) is 9.18. The average Bonchev–Trinajstić information content (AvgIpc) is 3.52. The molecule has 2 fully saturated rings. The molecule has 2 aliphatic rings. The zero-order chi connectivity index (χ0) is 22.1. The Kier molecular flexibility index (Phi) is 6.13. The van der Waals surface area contributed by atoms with Gasteiger partial charge in [-0.25, -0.2) is 4.68 Å². The number of rotatable bonds is 6. The molecule has 0 saturated carbocycles. The highest BCUT2D eigenvalue weighted by molar-refractivity contribution is 7.98. The van der Waals surface area contributed by atoms with Gasteiger partial charge in [0.25, 0.3) is 5.17 Å². The Morgan fingerprint density at radius 3 is 2.81 bits per heavy atom. The van der Waals surface area contributed by atoms with Gasteiger partial charge in [0.05, 0.1) is 25.2 Å². The molecule has 32 heavy (non-hydrogen) atoms. The van der Waals surface area contributed by atoms with Gasteiger partial charge < -0.3 is 23.9 Å². The predicted octanol–water partition coefficient (Wildman–Crippen LogP) is 3.30. The molecule has 0 spiro atoms. The fraction of sp³-hybridized carbons (Fsp3) is 0.429. The zero-order valence-electron chi connectivity index (χ0n) is 17.6. The molecule has 2 aliphatic heterocycles. The van der Waals surface area contributed by atoms with Crippen LogP contribution in [-0.2, 0) is 20.0 Å². The van der Waals surface area contributed by atoms with Crippen molar-refractivity contribution < 1.29 is 18.6 Å². The molecule has 3 aromatic rings. The van der Waals surface area contributed by atoms with Crippen molar-refractivity contribution in [2.45, 2.75) is 49.1 Å². The van der Waals surface area contributed by atoms with Gasteiger partial charge in [0, 0.05) is 5.69 Å². The fourth-order valence-electron chi connectivity index (χ4n) is 4.11. The second-order valence-electron chi connectivity index (χ2n) is 7.88. The standard InChI is InChI=1S/C21H23N5O4S2/c1-12-6-13(2)8-14(7-12)22-21(31)30-17-10-29-18-16(9-28-19(17)18)26-20(23-24-25-26)32-11-15-4-3-5-27-15/h3-8,16-19H,9-11H2,1-2H3,(H,22,31). The Bertz CT molecular complexity index is 1070. The van der Waals surface area contributed by atoms with Gasteiger partial charge in [0.1, 0.15) is 24.0 Å². The second-order valence-corrected chi connectivity index (χ2v) is 9.20. The van der Waals surface area contributed by atoms with Crippen LogP contribution >= 0.6 is 24.0 Å². The predicted molar refractivity (Wildman–Crippen MR) is 122 cm³/mol. The Morgan fingerprint density at radius 1 is 1.22 bits per heavy atom. The molecule has 2 saturated heterocycles. The maximum Gasteiger partial charge on any atom is 0.261 e. The third-order valence-corrected chi connectivity index (χ3v) is 6.56. The average molecular weight is 474 g/mol.